The molecule has 1 aliphatic heterocycles. The minimum absolute atomic E-state index is 0.0331. The number of sulfone groups is 1. The standard InChI is InChI=1S/C24H18ClF3N4O4S/c1-13-5-14(10-29)6-17(20(33)7-15-11-37(35,36)12-15)16(13)8-21(34)19-9-22(24(26,27)28)31-32(19)23-18(25)3-2-4-30-23/h2-6,9,15H,7-8,11-12H2,1H3. The summed E-state index contributed by atoms with van der Waals surface area (Å²) in [6, 6.07) is 8.14. The van der Waals surface area contributed by atoms with Crippen molar-refractivity contribution in [2.45, 2.75) is 25.9 Å². The van der Waals surface area contributed by atoms with Crippen molar-refractivity contribution in [3.8, 4) is 11.9 Å². The number of benzene rings is 1. The number of Topliss-reactive ketones (excluding diaryl/α,β-unsaturated/α-hetero) is 2. The second kappa shape index (κ2) is 9.72. The van der Waals surface area contributed by atoms with E-state index in [1.54, 1.807) is 6.92 Å². The van der Waals surface area contributed by atoms with Crippen LogP contribution >= 0.6 is 11.6 Å². The molecular weight excluding hydrogens is 533 g/mol. The highest BCUT2D eigenvalue weighted by atomic mass is 35.5. The Morgan fingerprint density at radius 2 is 1.92 bits per heavy atom. The lowest BCUT2D eigenvalue weighted by molar-refractivity contribution is -0.141. The molecule has 1 saturated heterocycles. The fourth-order valence-electron chi connectivity index (χ4n) is 4.19. The summed E-state index contributed by atoms with van der Waals surface area (Å²) in [7, 11) is -3.17. The van der Waals surface area contributed by atoms with Gasteiger partial charge in [0.25, 0.3) is 0 Å². The summed E-state index contributed by atoms with van der Waals surface area (Å²) >= 11 is 6.10. The number of hydrogen-bond donors (Lipinski definition) is 0. The van der Waals surface area contributed by atoms with Crippen LogP contribution < -0.4 is 0 Å². The second-order valence-corrected chi connectivity index (χ2v) is 11.3. The lowest BCUT2D eigenvalue weighted by Crippen LogP contribution is -2.37. The SMILES string of the molecule is Cc1cc(C#N)cc(C(=O)CC2CS(=O)(=O)C2)c1CC(=O)c1cc(C(F)(F)F)nn1-c1ncccc1Cl. The summed E-state index contributed by atoms with van der Waals surface area (Å²) in [6.07, 6.45) is -4.15. The molecule has 3 aromatic rings. The molecule has 0 unspecified atom stereocenters. The fourth-order valence-corrected chi connectivity index (χ4v) is 5.96. The Labute approximate surface area is 214 Å². The van der Waals surface area contributed by atoms with Crippen LogP contribution in [0.2, 0.25) is 5.02 Å². The lowest BCUT2D eigenvalue weighted by Gasteiger charge is -2.25. The van der Waals surface area contributed by atoms with E-state index in [0.717, 1.165) is 0 Å². The van der Waals surface area contributed by atoms with Gasteiger partial charge in [-0.1, -0.05) is 11.6 Å². The zero-order valence-corrected chi connectivity index (χ0v) is 20.8. The van der Waals surface area contributed by atoms with Crippen molar-refractivity contribution in [2.75, 3.05) is 11.5 Å². The Bertz CT molecular complexity index is 1560. The van der Waals surface area contributed by atoms with Gasteiger partial charge in [-0.25, -0.2) is 18.1 Å². The van der Waals surface area contributed by atoms with Crippen LogP contribution in [0.4, 0.5) is 13.2 Å². The molecular formula is C24H18ClF3N4O4S. The molecule has 0 aliphatic carbocycles. The van der Waals surface area contributed by atoms with Crippen molar-refractivity contribution in [2.24, 2.45) is 5.92 Å². The van der Waals surface area contributed by atoms with Crippen LogP contribution in [-0.4, -0.2) is 46.3 Å². The third-order valence-corrected chi connectivity index (χ3v) is 8.17. The lowest BCUT2D eigenvalue weighted by atomic mass is 9.89. The number of nitrogens with zero attached hydrogens (tertiary/aromatic N) is 4. The Morgan fingerprint density at radius 1 is 1.22 bits per heavy atom. The van der Waals surface area contributed by atoms with Gasteiger partial charge in [0.05, 0.1) is 28.2 Å². The number of carbonyl (C=O) groups excluding carboxylic acids is 2. The van der Waals surface area contributed by atoms with Gasteiger partial charge in [0.15, 0.2) is 32.9 Å². The van der Waals surface area contributed by atoms with Crippen LogP contribution in [0.15, 0.2) is 36.5 Å². The first kappa shape index (κ1) is 26.5. The molecule has 0 atom stereocenters. The van der Waals surface area contributed by atoms with Crippen molar-refractivity contribution in [3.63, 3.8) is 0 Å². The van der Waals surface area contributed by atoms with Gasteiger partial charge in [0.2, 0.25) is 0 Å². The van der Waals surface area contributed by atoms with E-state index in [1.165, 1.54) is 30.5 Å². The van der Waals surface area contributed by atoms with Crippen molar-refractivity contribution in [1.82, 2.24) is 14.8 Å². The predicted octanol–water partition coefficient (Wildman–Crippen LogP) is 4.16. The molecule has 37 heavy (non-hydrogen) atoms. The van der Waals surface area contributed by atoms with E-state index in [0.29, 0.717) is 16.3 Å². The number of alkyl halides is 3. The Kier molecular flexibility index (Phi) is 6.96. The zero-order valence-electron chi connectivity index (χ0n) is 19.2. The summed E-state index contributed by atoms with van der Waals surface area (Å²) < 4.78 is 64.1. The fraction of sp³-hybridized carbons (Fsp3) is 0.292. The number of hydrogen-bond acceptors (Lipinski definition) is 7. The molecule has 0 amide bonds. The van der Waals surface area contributed by atoms with Crippen molar-refractivity contribution in [1.29, 1.82) is 5.26 Å². The average Bonchev–Trinajstić information content (AvgIpc) is 3.25. The summed E-state index contributed by atoms with van der Waals surface area (Å²) in [5, 5.41) is 12.8. The second-order valence-electron chi connectivity index (χ2n) is 8.73. The molecule has 0 radical (unpaired) electrons. The van der Waals surface area contributed by atoms with E-state index >= 15 is 0 Å². The van der Waals surface area contributed by atoms with E-state index in [2.05, 4.69) is 10.1 Å². The van der Waals surface area contributed by atoms with Gasteiger partial charge >= 0.3 is 6.18 Å². The molecule has 1 aliphatic rings. The van der Waals surface area contributed by atoms with Gasteiger partial charge in [-0.3, -0.25) is 9.59 Å². The first-order chi connectivity index (χ1) is 17.3. The third-order valence-electron chi connectivity index (χ3n) is 5.92. The number of halogens is 4. The summed E-state index contributed by atoms with van der Waals surface area (Å²) in [4.78, 5) is 30.4. The molecule has 4 rings (SSSR count). The molecule has 0 spiro atoms. The number of aryl methyl sites for hydroxylation is 1. The Balaban J connectivity index is 1.74. The van der Waals surface area contributed by atoms with Gasteiger partial charge in [-0.15, -0.1) is 0 Å². The highest BCUT2D eigenvalue weighted by Crippen LogP contribution is 2.32. The van der Waals surface area contributed by atoms with Gasteiger partial charge in [-0.2, -0.15) is 23.5 Å². The first-order valence-corrected chi connectivity index (χ1v) is 13.1. The third kappa shape index (κ3) is 5.57. The van der Waals surface area contributed by atoms with Crippen molar-refractivity contribution < 1.29 is 31.2 Å². The molecule has 0 N–H and O–H groups in total. The maximum atomic E-state index is 13.5. The molecule has 8 nitrogen and oxygen atoms in total. The van der Waals surface area contributed by atoms with Gasteiger partial charge in [-0.05, 0) is 48.2 Å². The molecule has 13 heteroatoms. The van der Waals surface area contributed by atoms with E-state index in [4.69, 9.17) is 11.6 Å². The van der Waals surface area contributed by atoms with Crippen LogP contribution in [0, 0.1) is 24.2 Å². The van der Waals surface area contributed by atoms with Crippen molar-refractivity contribution in [3.05, 3.63) is 75.2 Å². The van der Waals surface area contributed by atoms with E-state index in [9.17, 15) is 36.4 Å². The quantitative estimate of drug-likeness (QED) is 0.405. The zero-order chi connectivity index (χ0) is 27.1. The first-order valence-electron chi connectivity index (χ1n) is 10.9. The summed E-state index contributed by atoms with van der Waals surface area (Å²) in [5.74, 6) is -2.07. The molecule has 1 aromatic carbocycles. The maximum absolute atomic E-state index is 13.5. The largest absolute Gasteiger partial charge is 0.435 e. The minimum atomic E-state index is -4.85. The average molecular weight is 551 g/mol. The summed E-state index contributed by atoms with van der Waals surface area (Å²) in [5.41, 5.74) is -0.925. The molecule has 1 fully saturated rings. The topological polar surface area (TPSA) is 123 Å². The Hall–Kier alpha value is -3.56. The number of rotatable bonds is 7. The van der Waals surface area contributed by atoms with E-state index in [-0.39, 0.29) is 51.4 Å². The van der Waals surface area contributed by atoms with Crippen molar-refractivity contribution >= 4 is 33.0 Å². The van der Waals surface area contributed by atoms with Crippen LogP contribution in [0.5, 0.6) is 0 Å². The predicted molar refractivity (Wildman–Crippen MR) is 126 cm³/mol. The van der Waals surface area contributed by atoms with Gasteiger partial charge < -0.3 is 0 Å². The van der Waals surface area contributed by atoms with Crippen LogP contribution in [0.1, 0.15) is 49.7 Å². The van der Waals surface area contributed by atoms with Crippen LogP contribution in [0.25, 0.3) is 5.82 Å². The number of ketones is 2. The Morgan fingerprint density at radius 3 is 2.51 bits per heavy atom. The van der Waals surface area contributed by atoms with E-state index in [1.807, 2.05) is 6.07 Å². The monoisotopic (exact) mass is 550 g/mol. The maximum Gasteiger partial charge on any atom is 0.435 e. The normalized spacial score (nSPS) is 15.1. The van der Waals surface area contributed by atoms with E-state index < -0.39 is 45.4 Å². The molecule has 0 saturated carbocycles. The molecule has 192 valence electrons. The van der Waals surface area contributed by atoms with Crippen LogP contribution in [0.3, 0.4) is 0 Å². The highest BCUT2D eigenvalue weighted by molar-refractivity contribution is 7.92. The highest BCUT2D eigenvalue weighted by Gasteiger charge is 2.37. The van der Waals surface area contributed by atoms with Gasteiger partial charge in [0, 0.05) is 30.7 Å². The van der Waals surface area contributed by atoms with Crippen LogP contribution in [-0.2, 0) is 22.4 Å². The molecule has 0 bridgehead atoms. The smallest absolute Gasteiger partial charge is 0.294 e. The minimum Gasteiger partial charge on any atom is -0.294 e. The van der Waals surface area contributed by atoms with Gasteiger partial charge in [0.1, 0.15) is 5.69 Å². The molecule has 2 aromatic heterocycles. The number of nitriles is 1. The number of aromatic nitrogens is 3. The molecule has 3 heterocycles. The summed E-state index contributed by atoms with van der Waals surface area (Å²) in [6.45, 7) is 1.57. The number of pyridine rings is 1. The number of carbonyl (C=O) groups is 2.